The zero-order chi connectivity index (χ0) is 14.5. The Labute approximate surface area is 117 Å². The minimum absolute atomic E-state index is 0.164. The number of amides is 1. The normalized spacial score (nSPS) is 14.0. The maximum atomic E-state index is 12.1. The standard InChI is InChI=1S/C15H19NO4/c17-13-4-2-1-3-12(13)7-8-14(18)16(10-15(19)20)9-11-5-6-11/h1-4,11,17H,5-10H2,(H,19,20). The van der Waals surface area contributed by atoms with Crippen LogP contribution in [0.2, 0.25) is 0 Å². The topological polar surface area (TPSA) is 77.8 Å². The summed E-state index contributed by atoms with van der Waals surface area (Å²) in [5.41, 5.74) is 0.711. The highest BCUT2D eigenvalue weighted by Crippen LogP contribution is 2.30. The molecule has 0 saturated heterocycles. The van der Waals surface area contributed by atoms with Gasteiger partial charge in [0.05, 0.1) is 0 Å². The number of hydrogen-bond acceptors (Lipinski definition) is 3. The highest BCUT2D eigenvalue weighted by atomic mass is 16.4. The summed E-state index contributed by atoms with van der Waals surface area (Å²) in [6, 6.07) is 6.88. The Kier molecular flexibility index (Phi) is 4.61. The second kappa shape index (κ2) is 6.41. The Morgan fingerprint density at radius 2 is 1.95 bits per heavy atom. The molecule has 1 saturated carbocycles. The molecule has 5 nitrogen and oxygen atoms in total. The molecule has 2 N–H and O–H groups in total. The number of carbonyl (C=O) groups is 2. The number of aromatic hydroxyl groups is 1. The summed E-state index contributed by atoms with van der Waals surface area (Å²) in [6.45, 7) is 0.294. The molecule has 1 amide bonds. The minimum atomic E-state index is -0.985. The molecule has 1 aliphatic carbocycles. The number of hydrogen-bond donors (Lipinski definition) is 2. The third-order valence-corrected chi connectivity index (χ3v) is 3.45. The van der Waals surface area contributed by atoms with Gasteiger partial charge in [0.1, 0.15) is 12.3 Å². The van der Waals surface area contributed by atoms with Gasteiger partial charge < -0.3 is 15.1 Å². The average Bonchev–Trinajstić information content (AvgIpc) is 3.20. The number of rotatable bonds is 7. The Morgan fingerprint density at radius 3 is 2.55 bits per heavy atom. The molecule has 1 aliphatic rings. The van der Waals surface area contributed by atoms with E-state index in [0.717, 1.165) is 12.8 Å². The lowest BCUT2D eigenvalue weighted by atomic mass is 10.1. The zero-order valence-corrected chi connectivity index (χ0v) is 11.3. The van der Waals surface area contributed by atoms with Crippen LogP contribution >= 0.6 is 0 Å². The lowest BCUT2D eigenvalue weighted by Gasteiger charge is -2.20. The van der Waals surface area contributed by atoms with Crippen molar-refractivity contribution in [3.05, 3.63) is 29.8 Å². The van der Waals surface area contributed by atoms with E-state index < -0.39 is 5.97 Å². The molecule has 0 spiro atoms. The van der Waals surface area contributed by atoms with E-state index in [4.69, 9.17) is 5.11 Å². The van der Waals surface area contributed by atoms with Crippen molar-refractivity contribution < 1.29 is 19.8 Å². The lowest BCUT2D eigenvalue weighted by molar-refractivity contribution is -0.144. The summed E-state index contributed by atoms with van der Waals surface area (Å²) in [6.07, 6.45) is 2.79. The summed E-state index contributed by atoms with van der Waals surface area (Å²) in [4.78, 5) is 24.3. The summed E-state index contributed by atoms with van der Waals surface area (Å²) in [5, 5.41) is 18.5. The summed E-state index contributed by atoms with van der Waals surface area (Å²) in [5.74, 6) is -0.514. The third-order valence-electron chi connectivity index (χ3n) is 3.45. The molecule has 0 heterocycles. The summed E-state index contributed by atoms with van der Waals surface area (Å²) < 4.78 is 0. The number of aryl methyl sites for hydroxylation is 1. The van der Waals surface area contributed by atoms with Crippen molar-refractivity contribution in [2.45, 2.75) is 25.7 Å². The quantitative estimate of drug-likeness (QED) is 0.794. The number of carbonyl (C=O) groups excluding carboxylic acids is 1. The van der Waals surface area contributed by atoms with E-state index >= 15 is 0 Å². The molecule has 2 rings (SSSR count). The van der Waals surface area contributed by atoms with E-state index in [9.17, 15) is 14.7 Å². The fraction of sp³-hybridized carbons (Fsp3) is 0.467. The molecule has 0 aromatic heterocycles. The molecule has 1 fully saturated rings. The van der Waals surface area contributed by atoms with Crippen molar-refractivity contribution in [3.63, 3.8) is 0 Å². The van der Waals surface area contributed by atoms with E-state index in [1.165, 1.54) is 4.90 Å². The van der Waals surface area contributed by atoms with Gasteiger partial charge in [0.25, 0.3) is 0 Å². The van der Waals surface area contributed by atoms with Gasteiger partial charge in [-0.1, -0.05) is 18.2 Å². The lowest BCUT2D eigenvalue weighted by Crippen LogP contribution is -2.37. The minimum Gasteiger partial charge on any atom is -0.508 e. The number of carboxylic acid groups (broad SMARTS) is 1. The zero-order valence-electron chi connectivity index (χ0n) is 11.3. The van der Waals surface area contributed by atoms with Crippen LogP contribution in [0.1, 0.15) is 24.8 Å². The predicted octanol–water partition coefficient (Wildman–Crippen LogP) is 1.65. The van der Waals surface area contributed by atoms with Crippen LogP contribution in [-0.2, 0) is 16.0 Å². The van der Waals surface area contributed by atoms with Gasteiger partial charge in [-0.05, 0) is 36.8 Å². The number of carboxylic acids is 1. The largest absolute Gasteiger partial charge is 0.508 e. The monoisotopic (exact) mass is 277 g/mol. The predicted molar refractivity (Wildman–Crippen MR) is 73.4 cm³/mol. The second-order valence-electron chi connectivity index (χ2n) is 5.24. The van der Waals surface area contributed by atoms with Gasteiger partial charge in [0.15, 0.2) is 0 Å². The molecule has 0 unspecified atom stereocenters. The molecule has 20 heavy (non-hydrogen) atoms. The first-order valence-electron chi connectivity index (χ1n) is 6.82. The van der Waals surface area contributed by atoms with E-state index in [1.807, 2.05) is 0 Å². The van der Waals surface area contributed by atoms with Crippen molar-refractivity contribution in [1.82, 2.24) is 4.90 Å². The van der Waals surface area contributed by atoms with Gasteiger partial charge in [-0.2, -0.15) is 0 Å². The van der Waals surface area contributed by atoms with Gasteiger partial charge in [0.2, 0.25) is 5.91 Å². The summed E-state index contributed by atoms with van der Waals surface area (Å²) in [7, 11) is 0. The first-order valence-corrected chi connectivity index (χ1v) is 6.82. The van der Waals surface area contributed by atoms with Crippen molar-refractivity contribution in [3.8, 4) is 5.75 Å². The van der Waals surface area contributed by atoms with Crippen molar-refractivity contribution in [2.24, 2.45) is 5.92 Å². The van der Waals surface area contributed by atoms with Crippen LogP contribution < -0.4 is 0 Å². The molecular weight excluding hydrogens is 258 g/mol. The number of aliphatic carboxylic acids is 1. The average molecular weight is 277 g/mol. The van der Waals surface area contributed by atoms with Gasteiger partial charge in [-0.15, -0.1) is 0 Å². The third kappa shape index (κ3) is 4.26. The van der Waals surface area contributed by atoms with Crippen LogP contribution in [0.25, 0.3) is 0 Å². The number of phenolic OH excluding ortho intramolecular Hbond substituents is 1. The molecule has 1 aromatic carbocycles. The SMILES string of the molecule is O=C(O)CN(CC1CC1)C(=O)CCc1ccccc1O. The van der Waals surface area contributed by atoms with Crippen molar-refractivity contribution in [1.29, 1.82) is 0 Å². The van der Waals surface area contributed by atoms with Gasteiger partial charge in [-0.3, -0.25) is 9.59 Å². The molecule has 0 bridgehead atoms. The van der Waals surface area contributed by atoms with E-state index in [0.29, 0.717) is 24.4 Å². The highest BCUT2D eigenvalue weighted by Gasteiger charge is 2.27. The molecule has 0 atom stereocenters. The van der Waals surface area contributed by atoms with Crippen LogP contribution in [0.15, 0.2) is 24.3 Å². The smallest absolute Gasteiger partial charge is 0.323 e. The fourth-order valence-corrected chi connectivity index (χ4v) is 2.15. The number of para-hydroxylation sites is 1. The fourth-order valence-electron chi connectivity index (χ4n) is 2.15. The van der Waals surface area contributed by atoms with Crippen LogP contribution in [0.3, 0.4) is 0 Å². The second-order valence-corrected chi connectivity index (χ2v) is 5.24. The van der Waals surface area contributed by atoms with Crippen molar-refractivity contribution >= 4 is 11.9 Å². The van der Waals surface area contributed by atoms with Gasteiger partial charge in [0, 0.05) is 13.0 Å². The molecule has 108 valence electrons. The van der Waals surface area contributed by atoms with Gasteiger partial charge >= 0.3 is 5.97 Å². The Hall–Kier alpha value is -2.04. The Morgan fingerprint density at radius 1 is 1.25 bits per heavy atom. The van der Waals surface area contributed by atoms with Crippen LogP contribution in [0.4, 0.5) is 0 Å². The van der Waals surface area contributed by atoms with E-state index in [-0.39, 0.29) is 24.6 Å². The number of phenols is 1. The Balaban J connectivity index is 1.90. The molecule has 5 heteroatoms. The van der Waals surface area contributed by atoms with Crippen molar-refractivity contribution in [2.75, 3.05) is 13.1 Å². The van der Waals surface area contributed by atoms with Crippen LogP contribution in [0, 0.1) is 5.92 Å². The molecular formula is C15H19NO4. The molecule has 1 aromatic rings. The van der Waals surface area contributed by atoms with Crippen LogP contribution in [0.5, 0.6) is 5.75 Å². The first-order chi connectivity index (χ1) is 9.56. The summed E-state index contributed by atoms with van der Waals surface area (Å²) >= 11 is 0. The van der Waals surface area contributed by atoms with Gasteiger partial charge in [-0.25, -0.2) is 0 Å². The number of nitrogens with zero attached hydrogens (tertiary/aromatic N) is 1. The maximum Gasteiger partial charge on any atom is 0.323 e. The first kappa shape index (κ1) is 14.4. The maximum absolute atomic E-state index is 12.1. The molecule has 0 radical (unpaired) electrons. The Bertz CT molecular complexity index is 496. The number of benzene rings is 1. The molecule has 0 aliphatic heterocycles. The van der Waals surface area contributed by atoms with E-state index in [2.05, 4.69) is 0 Å². The highest BCUT2D eigenvalue weighted by molar-refractivity contribution is 5.81. The van der Waals surface area contributed by atoms with E-state index in [1.54, 1.807) is 24.3 Å². The van der Waals surface area contributed by atoms with Crippen LogP contribution in [-0.4, -0.2) is 40.1 Å².